The molecule has 0 bridgehead atoms. The molecule has 0 amide bonds. The standard InChI is InChI=1S/C126H93N3O3/c1-7-19-82(20-8-1)97-37-31-88-49-61-106-118(107-62-50-89-32-38-98(83-21-9-2-10-22-83)71-113(89)122(107)127-121(106)112(88)70-97)94-43-55-103(56-44-94)130-76-79-67-80(77-131-104-57-45-95(46-58-104)119-108-63-51-90-33-39-99(84-23-11-3-12-24-84)72-114(90)123(108)128-124-109(119)64-52-91-34-40-100(73-115(91)124)85-25-13-4-14-26-85)69-81(68-79)78-132-105-59-47-96(48-60-105)120-110-65-53-92-35-41-101(86-27-15-5-16-28-86)74-116(92)125(110)129-126-111(120)66-54-93-36-42-102(75-117(93)126)87-29-17-6-18-30-87/h1-48,55-60,67-75H,49-54,61-66,76-78H2. The lowest BCUT2D eigenvalue weighted by Gasteiger charge is -2.29. The van der Waals surface area contributed by atoms with E-state index in [9.17, 15) is 0 Å². The van der Waals surface area contributed by atoms with Gasteiger partial charge in [0.2, 0.25) is 0 Å². The van der Waals surface area contributed by atoms with Crippen LogP contribution in [0.2, 0.25) is 0 Å². The smallest absolute Gasteiger partial charge is 0.119 e. The van der Waals surface area contributed by atoms with E-state index in [4.69, 9.17) is 29.2 Å². The van der Waals surface area contributed by atoms with E-state index in [2.05, 4.69) is 382 Å². The van der Waals surface area contributed by atoms with Crippen LogP contribution in [0.4, 0.5) is 0 Å². The van der Waals surface area contributed by atoms with Crippen LogP contribution < -0.4 is 14.2 Å². The van der Waals surface area contributed by atoms with Crippen molar-refractivity contribution in [3.8, 4) is 185 Å². The quantitative estimate of drug-likeness (QED) is 0.0853. The van der Waals surface area contributed by atoms with Gasteiger partial charge in [0.25, 0.3) is 0 Å². The van der Waals surface area contributed by atoms with E-state index >= 15 is 0 Å². The number of aryl methyl sites for hydroxylation is 6. The first-order valence-electron chi connectivity index (χ1n) is 47.0. The highest BCUT2D eigenvalue weighted by molar-refractivity contribution is 5.95. The van der Waals surface area contributed by atoms with Crippen LogP contribution in [-0.2, 0) is 96.9 Å². The van der Waals surface area contributed by atoms with Crippen molar-refractivity contribution in [1.82, 2.24) is 15.0 Å². The zero-order valence-electron chi connectivity index (χ0n) is 73.5. The van der Waals surface area contributed by atoms with Crippen molar-refractivity contribution in [2.45, 2.75) is 96.9 Å². The molecule has 132 heavy (non-hydrogen) atoms. The summed E-state index contributed by atoms with van der Waals surface area (Å²) in [6, 6.07) is 140. The maximum absolute atomic E-state index is 6.99. The van der Waals surface area contributed by atoms with E-state index in [0.717, 1.165) is 145 Å². The van der Waals surface area contributed by atoms with Crippen LogP contribution in [-0.4, -0.2) is 15.0 Å². The van der Waals surface area contributed by atoms with Gasteiger partial charge in [-0.2, -0.15) is 0 Å². The lowest BCUT2D eigenvalue weighted by molar-refractivity contribution is 0.293. The molecule has 6 heteroatoms. The Kier molecular flexibility index (Phi) is 19.9. The summed E-state index contributed by atoms with van der Waals surface area (Å²) < 4.78 is 21.0. The number of ether oxygens (including phenoxy) is 3. The first-order valence-corrected chi connectivity index (χ1v) is 47.0. The molecule has 6 aliphatic rings. The molecule has 16 aromatic carbocycles. The van der Waals surface area contributed by atoms with Crippen molar-refractivity contribution in [3.63, 3.8) is 0 Å². The number of rotatable bonds is 18. The number of nitrogens with zero attached hydrogens (tertiary/aromatic N) is 3. The molecule has 6 nitrogen and oxygen atoms in total. The molecule has 3 aromatic heterocycles. The molecule has 0 saturated heterocycles. The van der Waals surface area contributed by atoms with Crippen LogP contribution in [0.3, 0.4) is 0 Å². The summed E-state index contributed by atoms with van der Waals surface area (Å²) >= 11 is 0. The zero-order valence-corrected chi connectivity index (χ0v) is 73.5. The van der Waals surface area contributed by atoms with Gasteiger partial charge in [0.1, 0.15) is 37.1 Å². The fraction of sp³-hybridized carbons (Fsp3) is 0.119. The first-order chi connectivity index (χ1) is 65.3. The Morgan fingerprint density at radius 1 is 0.159 bits per heavy atom. The molecule has 0 fully saturated rings. The van der Waals surface area contributed by atoms with Gasteiger partial charge in [-0.3, -0.25) is 0 Å². The minimum Gasteiger partial charge on any atom is -0.489 e. The third-order valence-electron chi connectivity index (χ3n) is 28.7. The minimum atomic E-state index is 0.331. The Balaban J connectivity index is 0.552. The fourth-order valence-corrected chi connectivity index (χ4v) is 22.1. The van der Waals surface area contributed by atoms with Crippen molar-refractivity contribution in [3.05, 3.63) is 466 Å². The molecule has 3 heterocycles. The number of pyridine rings is 3. The second-order valence-corrected chi connectivity index (χ2v) is 36.4. The monoisotopic (exact) mass is 1700 g/mol. The molecule has 0 atom stereocenters. The number of hydrogen-bond acceptors (Lipinski definition) is 6. The summed E-state index contributed by atoms with van der Waals surface area (Å²) in [6.45, 7) is 0.994. The van der Waals surface area contributed by atoms with E-state index in [1.807, 2.05) is 0 Å². The van der Waals surface area contributed by atoms with Crippen molar-refractivity contribution in [2.75, 3.05) is 0 Å². The lowest BCUT2D eigenvalue weighted by Crippen LogP contribution is -2.15. The number of fused-ring (bicyclic) bond motifs is 18. The topological polar surface area (TPSA) is 66.4 Å². The molecular formula is C126H93N3O3. The van der Waals surface area contributed by atoms with Gasteiger partial charge < -0.3 is 14.2 Å². The summed E-state index contributed by atoms with van der Waals surface area (Å²) in [4.78, 5) is 17.5. The lowest BCUT2D eigenvalue weighted by atomic mass is 9.77. The Bertz CT molecular complexity index is 6650. The van der Waals surface area contributed by atoms with Crippen molar-refractivity contribution < 1.29 is 14.2 Å². The predicted octanol–water partition coefficient (Wildman–Crippen LogP) is 30.2. The highest BCUT2D eigenvalue weighted by Crippen LogP contribution is 2.53. The molecule has 6 aliphatic carbocycles. The number of hydrogen-bond donors (Lipinski definition) is 0. The third-order valence-corrected chi connectivity index (χ3v) is 28.7. The Morgan fingerprint density at radius 3 is 0.515 bits per heavy atom. The predicted molar refractivity (Wildman–Crippen MR) is 538 cm³/mol. The molecule has 0 aliphatic heterocycles. The molecule has 0 N–H and O–H groups in total. The summed E-state index contributed by atoms with van der Waals surface area (Å²) in [6.07, 6.45) is 11.1. The van der Waals surface area contributed by atoms with Gasteiger partial charge in [-0.05, 0) is 352 Å². The molecule has 0 unspecified atom stereocenters. The summed E-state index contributed by atoms with van der Waals surface area (Å²) in [5.74, 6) is 2.39. The normalized spacial score (nSPS) is 13.2. The average molecular weight is 1700 g/mol. The highest BCUT2D eigenvalue weighted by atomic mass is 16.5. The molecule has 19 aromatic rings. The minimum absolute atomic E-state index is 0.331. The second kappa shape index (κ2) is 33.5. The Morgan fingerprint density at radius 2 is 0.333 bits per heavy atom. The van der Waals surface area contributed by atoms with Crippen molar-refractivity contribution >= 4 is 0 Å². The molecule has 0 radical (unpaired) electrons. The highest BCUT2D eigenvalue weighted by Gasteiger charge is 2.35. The van der Waals surface area contributed by atoms with Crippen LogP contribution in [0.1, 0.15) is 83.5 Å². The van der Waals surface area contributed by atoms with Gasteiger partial charge in [-0.15, -0.1) is 0 Å². The van der Waals surface area contributed by atoms with E-state index in [1.54, 1.807) is 0 Å². The zero-order chi connectivity index (χ0) is 87.1. The van der Waals surface area contributed by atoms with Gasteiger partial charge >= 0.3 is 0 Å². The van der Waals surface area contributed by atoms with Crippen molar-refractivity contribution in [1.29, 1.82) is 0 Å². The van der Waals surface area contributed by atoms with Gasteiger partial charge in [-0.1, -0.05) is 291 Å². The van der Waals surface area contributed by atoms with E-state index in [0.29, 0.717) is 19.8 Å². The number of aromatic nitrogens is 3. The van der Waals surface area contributed by atoms with Crippen LogP contribution >= 0.6 is 0 Å². The molecule has 25 rings (SSSR count). The summed E-state index contributed by atoms with van der Waals surface area (Å²) in [5.41, 5.74) is 54.8. The van der Waals surface area contributed by atoms with Crippen LogP contribution in [0.25, 0.3) is 168 Å². The van der Waals surface area contributed by atoms with Crippen LogP contribution in [0.5, 0.6) is 17.2 Å². The van der Waals surface area contributed by atoms with Crippen LogP contribution in [0, 0.1) is 0 Å². The van der Waals surface area contributed by atoms with Gasteiger partial charge in [-0.25, -0.2) is 15.0 Å². The Hall–Kier alpha value is -15.6. The Labute approximate surface area is 771 Å². The molecule has 0 spiro atoms. The summed E-state index contributed by atoms with van der Waals surface area (Å²) in [5, 5.41) is 0. The van der Waals surface area contributed by atoms with Gasteiger partial charge in [0.15, 0.2) is 0 Å². The largest absolute Gasteiger partial charge is 0.489 e. The maximum Gasteiger partial charge on any atom is 0.119 e. The van der Waals surface area contributed by atoms with E-state index in [-0.39, 0.29) is 0 Å². The summed E-state index contributed by atoms with van der Waals surface area (Å²) in [7, 11) is 0. The number of benzene rings is 16. The van der Waals surface area contributed by atoms with Gasteiger partial charge in [0, 0.05) is 33.4 Å². The first kappa shape index (κ1) is 78.6. The molecular weight excluding hydrogens is 1600 g/mol. The SMILES string of the molecule is c1ccc(-c2ccc3c(c2)-c2nc4c(c(-c5ccc(OCc6cc(COc7ccc(-c8c9c(nc%10c8CCc8ccc(-c%11ccccc%11)cc8-%10)-c8cc(-c%10ccccc%10)ccc8CC9)cc7)cc(COc7ccc(-c8c9c(nc%10c8CCc8ccc(-c%11ccccc%11)cc8-%10)-c8cc(-c%10ccccc%10)ccc8CC9)cc7)c6)cc5)c2CC3)CCc2ccc(-c3ccccc3)cc2-4)cc1. The van der Waals surface area contributed by atoms with Gasteiger partial charge in [0.05, 0.1) is 34.2 Å². The maximum atomic E-state index is 6.99. The van der Waals surface area contributed by atoms with E-state index < -0.39 is 0 Å². The van der Waals surface area contributed by atoms with Crippen LogP contribution in [0.15, 0.2) is 382 Å². The average Bonchev–Trinajstić information content (AvgIpc) is 0.733. The molecule has 0 saturated carbocycles. The third kappa shape index (κ3) is 14.6. The fourth-order valence-electron chi connectivity index (χ4n) is 22.1. The molecule has 630 valence electrons. The van der Waals surface area contributed by atoms with Crippen molar-refractivity contribution in [2.24, 2.45) is 0 Å². The second-order valence-electron chi connectivity index (χ2n) is 36.4. The van der Waals surface area contributed by atoms with E-state index in [1.165, 1.54) is 200 Å².